The molecule has 1 amide bonds. The lowest BCUT2D eigenvalue weighted by molar-refractivity contribution is -0.137. The van der Waals surface area contributed by atoms with Crippen molar-refractivity contribution in [2.24, 2.45) is 0 Å². The third kappa shape index (κ3) is 5.98. The van der Waals surface area contributed by atoms with Gasteiger partial charge in [-0.25, -0.2) is 4.98 Å². The molecule has 10 heteroatoms. The van der Waals surface area contributed by atoms with Gasteiger partial charge in [0.1, 0.15) is 0 Å². The number of alkyl halides is 3. The SMILES string of the molecule is O=C(/C=C/c1ccc(Cl)c(C(F)(F)F)c1)Nc1ncc(Cc2cc(Cl)ccc2Cl)s1. The molecule has 3 nitrogen and oxygen atoms in total. The Hall–Kier alpha value is -2.06. The van der Waals surface area contributed by atoms with Crippen LogP contribution in [0.15, 0.2) is 48.7 Å². The van der Waals surface area contributed by atoms with E-state index in [1.807, 2.05) is 0 Å². The van der Waals surface area contributed by atoms with E-state index in [0.717, 1.165) is 28.6 Å². The van der Waals surface area contributed by atoms with E-state index in [0.29, 0.717) is 21.6 Å². The minimum absolute atomic E-state index is 0.192. The third-order valence-electron chi connectivity index (χ3n) is 3.88. The number of nitrogens with zero attached hydrogens (tertiary/aromatic N) is 1. The third-order valence-corrected chi connectivity index (χ3v) is 5.73. The first-order valence-corrected chi connectivity index (χ1v) is 10.3. The number of thiazole rings is 1. The van der Waals surface area contributed by atoms with Gasteiger partial charge in [-0.2, -0.15) is 13.2 Å². The summed E-state index contributed by atoms with van der Waals surface area (Å²) in [7, 11) is 0. The van der Waals surface area contributed by atoms with E-state index >= 15 is 0 Å². The summed E-state index contributed by atoms with van der Waals surface area (Å²) >= 11 is 19.0. The summed E-state index contributed by atoms with van der Waals surface area (Å²) in [6.07, 6.45) is -0.0877. The van der Waals surface area contributed by atoms with Crippen LogP contribution in [-0.4, -0.2) is 10.9 Å². The first-order valence-electron chi connectivity index (χ1n) is 8.36. The predicted octanol–water partition coefficient (Wildman–Crippen LogP) is 7.36. The van der Waals surface area contributed by atoms with Crippen molar-refractivity contribution >= 4 is 63.3 Å². The van der Waals surface area contributed by atoms with Crippen LogP contribution >= 0.6 is 46.1 Å². The van der Waals surface area contributed by atoms with E-state index in [2.05, 4.69) is 10.3 Å². The van der Waals surface area contributed by atoms with Crippen LogP contribution in [0, 0.1) is 0 Å². The van der Waals surface area contributed by atoms with E-state index in [1.54, 1.807) is 24.4 Å². The summed E-state index contributed by atoms with van der Waals surface area (Å²) in [6.45, 7) is 0. The Bertz CT molecular complexity index is 1110. The molecule has 0 saturated carbocycles. The van der Waals surface area contributed by atoms with Gasteiger partial charge in [0.25, 0.3) is 0 Å². The molecule has 0 saturated heterocycles. The Balaban J connectivity index is 1.65. The minimum atomic E-state index is -4.58. The Labute approximate surface area is 189 Å². The Morgan fingerprint density at radius 2 is 1.83 bits per heavy atom. The van der Waals surface area contributed by atoms with E-state index in [1.165, 1.54) is 23.5 Å². The summed E-state index contributed by atoms with van der Waals surface area (Å²) in [5, 5.41) is 3.66. The average Bonchev–Trinajstić information content (AvgIpc) is 3.10. The monoisotopic (exact) mass is 490 g/mol. The Kier molecular flexibility index (Phi) is 7.08. The first kappa shape index (κ1) is 22.6. The lowest BCUT2D eigenvalue weighted by Gasteiger charge is -2.09. The molecule has 3 rings (SSSR count). The zero-order valence-electron chi connectivity index (χ0n) is 14.9. The number of aromatic nitrogens is 1. The maximum Gasteiger partial charge on any atom is 0.417 e. The average molecular weight is 492 g/mol. The molecule has 1 N–H and O–H groups in total. The minimum Gasteiger partial charge on any atom is -0.298 e. The second-order valence-electron chi connectivity index (χ2n) is 6.10. The van der Waals surface area contributed by atoms with Crippen molar-refractivity contribution in [3.8, 4) is 0 Å². The molecule has 0 atom stereocenters. The number of nitrogens with one attached hydrogen (secondary N) is 1. The van der Waals surface area contributed by atoms with Crippen molar-refractivity contribution in [2.45, 2.75) is 12.6 Å². The van der Waals surface area contributed by atoms with Gasteiger partial charge in [0, 0.05) is 33.6 Å². The van der Waals surface area contributed by atoms with Gasteiger partial charge in [-0.15, -0.1) is 11.3 Å². The van der Waals surface area contributed by atoms with Crippen molar-refractivity contribution < 1.29 is 18.0 Å². The number of amides is 1. The van der Waals surface area contributed by atoms with Gasteiger partial charge in [0.2, 0.25) is 5.91 Å². The molecular formula is C20H12Cl3F3N2OS. The summed E-state index contributed by atoms with van der Waals surface area (Å²) < 4.78 is 38.7. The van der Waals surface area contributed by atoms with Crippen molar-refractivity contribution in [2.75, 3.05) is 5.32 Å². The highest BCUT2D eigenvalue weighted by Gasteiger charge is 2.33. The second-order valence-corrected chi connectivity index (χ2v) is 8.47. The molecule has 0 aliphatic carbocycles. The predicted molar refractivity (Wildman–Crippen MR) is 115 cm³/mol. The van der Waals surface area contributed by atoms with Crippen molar-refractivity contribution in [3.63, 3.8) is 0 Å². The van der Waals surface area contributed by atoms with Crippen LogP contribution in [-0.2, 0) is 17.4 Å². The zero-order valence-corrected chi connectivity index (χ0v) is 18.0. The largest absolute Gasteiger partial charge is 0.417 e. The lowest BCUT2D eigenvalue weighted by atomic mass is 10.1. The van der Waals surface area contributed by atoms with E-state index in [4.69, 9.17) is 34.8 Å². The maximum absolute atomic E-state index is 12.9. The molecule has 30 heavy (non-hydrogen) atoms. The molecule has 0 fully saturated rings. The van der Waals surface area contributed by atoms with E-state index in [9.17, 15) is 18.0 Å². The number of carbonyl (C=O) groups is 1. The molecule has 0 aliphatic heterocycles. The molecule has 1 aromatic heterocycles. The van der Waals surface area contributed by atoms with E-state index < -0.39 is 22.7 Å². The number of rotatable bonds is 5. The van der Waals surface area contributed by atoms with Crippen molar-refractivity contribution in [1.29, 1.82) is 0 Å². The second kappa shape index (κ2) is 9.39. The fraction of sp³-hybridized carbons (Fsp3) is 0.100. The van der Waals surface area contributed by atoms with Crippen LogP contribution in [0.2, 0.25) is 15.1 Å². The van der Waals surface area contributed by atoms with Gasteiger partial charge in [-0.1, -0.05) is 40.9 Å². The van der Waals surface area contributed by atoms with Gasteiger partial charge in [-0.05, 0) is 47.5 Å². The normalized spacial score (nSPS) is 11.8. The quantitative estimate of drug-likeness (QED) is 0.379. The lowest BCUT2D eigenvalue weighted by Crippen LogP contribution is -2.07. The molecule has 1 heterocycles. The summed E-state index contributed by atoms with van der Waals surface area (Å²) in [4.78, 5) is 17.1. The summed E-state index contributed by atoms with van der Waals surface area (Å²) in [5.41, 5.74) is 0.0575. The molecule has 3 aromatic rings. The number of hydrogen-bond donors (Lipinski definition) is 1. The summed E-state index contributed by atoms with van der Waals surface area (Å²) in [5.74, 6) is -0.528. The molecule has 2 aromatic carbocycles. The highest BCUT2D eigenvalue weighted by Crippen LogP contribution is 2.35. The standard InChI is InChI=1S/C20H12Cl3F3N2OS/c21-13-3-5-16(22)12(8-13)9-14-10-27-19(30-14)28-18(29)6-2-11-1-4-17(23)15(7-11)20(24,25)26/h1-8,10H,9H2,(H,27,28,29)/b6-2+. The van der Waals surface area contributed by atoms with Gasteiger partial charge < -0.3 is 0 Å². The molecule has 0 aliphatic rings. The topological polar surface area (TPSA) is 42.0 Å². The van der Waals surface area contributed by atoms with Crippen molar-refractivity contribution in [1.82, 2.24) is 4.98 Å². The number of halogens is 6. The summed E-state index contributed by atoms with van der Waals surface area (Å²) in [6, 6.07) is 8.55. The molecular weight excluding hydrogens is 480 g/mol. The van der Waals surface area contributed by atoms with Crippen LogP contribution in [0.3, 0.4) is 0 Å². The molecule has 0 radical (unpaired) electrons. The van der Waals surface area contributed by atoms with Crippen molar-refractivity contribution in [3.05, 3.63) is 85.3 Å². The number of hydrogen-bond acceptors (Lipinski definition) is 3. The number of carbonyl (C=O) groups excluding carboxylic acids is 1. The number of anilines is 1. The van der Waals surface area contributed by atoms with Crippen LogP contribution in [0.4, 0.5) is 18.3 Å². The van der Waals surface area contributed by atoms with Gasteiger partial charge in [0.15, 0.2) is 5.13 Å². The Morgan fingerprint density at radius 1 is 1.10 bits per heavy atom. The first-order chi connectivity index (χ1) is 14.1. The van der Waals surface area contributed by atoms with Crippen LogP contribution in [0.25, 0.3) is 6.08 Å². The molecule has 156 valence electrons. The highest BCUT2D eigenvalue weighted by atomic mass is 35.5. The smallest absolute Gasteiger partial charge is 0.298 e. The maximum atomic E-state index is 12.9. The fourth-order valence-corrected chi connectivity index (χ4v) is 3.94. The highest BCUT2D eigenvalue weighted by molar-refractivity contribution is 7.15. The van der Waals surface area contributed by atoms with E-state index in [-0.39, 0.29) is 5.56 Å². The van der Waals surface area contributed by atoms with Crippen LogP contribution < -0.4 is 5.32 Å². The van der Waals surface area contributed by atoms with Crippen LogP contribution in [0.1, 0.15) is 21.6 Å². The van der Waals surface area contributed by atoms with Gasteiger partial charge in [-0.3, -0.25) is 10.1 Å². The number of benzene rings is 2. The van der Waals surface area contributed by atoms with Gasteiger partial charge in [0.05, 0.1) is 10.6 Å². The van der Waals surface area contributed by atoms with Crippen LogP contribution in [0.5, 0.6) is 0 Å². The molecule has 0 spiro atoms. The van der Waals surface area contributed by atoms with Gasteiger partial charge >= 0.3 is 6.18 Å². The fourth-order valence-electron chi connectivity index (χ4n) is 2.50. The zero-order chi connectivity index (χ0) is 21.9. The molecule has 0 unspecified atom stereocenters. The Morgan fingerprint density at radius 3 is 2.57 bits per heavy atom. The molecule has 0 bridgehead atoms.